The molecule has 0 amide bonds. The van der Waals surface area contributed by atoms with Crippen LogP contribution in [0.15, 0.2) is 29.2 Å². The van der Waals surface area contributed by atoms with Gasteiger partial charge in [0.1, 0.15) is 5.75 Å². The molecule has 1 aromatic rings. The maximum absolute atomic E-state index is 9.84. The van der Waals surface area contributed by atoms with Crippen molar-refractivity contribution in [1.29, 1.82) is 0 Å². The Balaban J connectivity index is 2.27. The Bertz CT molecular complexity index is 359. The minimum atomic E-state index is -0.490. The van der Waals surface area contributed by atoms with Crippen LogP contribution in [0, 0.1) is 0 Å². The lowest BCUT2D eigenvalue weighted by Gasteiger charge is -2.15. The van der Waals surface area contributed by atoms with Crippen LogP contribution in [0.1, 0.15) is 6.92 Å². The highest BCUT2D eigenvalue weighted by molar-refractivity contribution is 7.99. The van der Waals surface area contributed by atoms with Gasteiger partial charge < -0.3 is 19.3 Å². The molecule has 0 spiro atoms. The number of hydrogen-bond acceptors (Lipinski definition) is 5. The Morgan fingerprint density at radius 3 is 2.74 bits per heavy atom. The van der Waals surface area contributed by atoms with Crippen LogP contribution in [-0.4, -0.2) is 50.5 Å². The first-order valence-electron chi connectivity index (χ1n) is 6.21. The minimum absolute atomic E-state index is 0.00136. The normalized spacial score (nSPS) is 14.1. The number of thioether (sulfide) groups is 1. The molecule has 0 aliphatic heterocycles. The zero-order valence-corrected chi connectivity index (χ0v) is 12.5. The molecule has 0 aromatic heterocycles. The van der Waals surface area contributed by atoms with Crippen LogP contribution in [-0.2, 0) is 9.47 Å². The van der Waals surface area contributed by atoms with Crippen LogP contribution in [0.5, 0.6) is 5.75 Å². The molecule has 0 radical (unpaired) electrons. The van der Waals surface area contributed by atoms with Crippen LogP contribution >= 0.6 is 11.8 Å². The fourth-order valence-corrected chi connectivity index (χ4v) is 2.35. The number of rotatable bonds is 9. The van der Waals surface area contributed by atoms with E-state index >= 15 is 0 Å². The Kier molecular flexibility index (Phi) is 7.90. The van der Waals surface area contributed by atoms with Crippen LogP contribution < -0.4 is 4.74 Å². The fourth-order valence-electron chi connectivity index (χ4n) is 1.49. The summed E-state index contributed by atoms with van der Waals surface area (Å²) in [6.07, 6.45) is -0.489. The monoisotopic (exact) mass is 286 g/mol. The van der Waals surface area contributed by atoms with Crippen LogP contribution in [0.3, 0.4) is 0 Å². The summed E-state index contributed by atoms with van der Waals surface area (Å²) < 4.78 is 15.6. The smallest absolute Gasteiger partial charge is 0.119 e. The van der Waals surface area contributed by atoms with Crippen molar-refractivity contribution in [2.24, 2.45) is 0 Å². The van der Waals surface area contributed by atoms with Gasteiger partial charge >= 0.3 is 0 Å². The lowest BCUT2D eigenvalue weighted by atomic mass is 10.3. The fraction of sp³-hybridized carbons (Fsp3) is 0.571. The van der Waals surface area contributed by atoms with Crippen molar-refractivity contribution < 1.29 is 19.3 Å². The summed E-state index contributed by atoms with van der Waals surface area (Å²) in [4.78, 5) is 1.07. The van der Waals surface area contributed by atoms with Crippen LogP contribution in [0.2, 0.25) is 0 Å². The summed E-state index contributed by atoms with van der Waals surface area (Å²) >= 11 is 1.58. The molecule has 2 unspecified atom stereocenters. The van der Waals surface area contributed by atoms with Gasteiger partial charge in [0, 0.05) is 17.8 Å². The van der Waals surface area contributed by atoms with E-state index in [1.54, 1.807) is 26.0 Å². The summed E-state index contributed by atoms with van der Waals surface area (Å²) in [6, 6.07) is 7.78. The van der Waals surface area contributed by atoms with Crippen molar-refractivity contribution in [1.82, 2.24) is 0 Å². The Morgan fingerprint density at radius 1 is 1.26 bits per heavy atom. The van der Waals surface area contributed by atoms with E-state index in [0.717, 1.165) is 10.6 Å². The summed E-state index contributed by atoms with van der Waals surface area (Å²) in [5.41, 5.74) is 0. The van der Waals surface area contributed by atoms with Crippen molar-refractivity contribution in [3.05, 3.63) is 24.3 Å². The molecule has 1 N–H and O–H groups in total. The van der Waals surface area contributed by atoms with Crippen LogP contribution in [0.4, 0.5) is 0 Å². The molecule has 0 saturated carbocycles. The quantitative estimate of drug-likeness (QED) is 0.705. The molecule has 0 bridgehead atoms. The van der Waals surface area contributed by atoms with Crippen molar-refractivity contribution in [3.8, 4) is 5.75 Å². The Labute approximate surface area is 119 Å². The maximum Gasteiger partial charge on any atom is 0.119 e. The number of aliphatic hydroxyl groups is 1. The zero-order chi connectivity index (χ0) is 14.1. The summed E-state index contributed by atoms with van der Waals surface area (Å²) in [5.74, 6) is 1.41. The summed E-state index contributed by atoms with van der Waals surface area (Å²) in [6.45, 7) is 2.78. The molecular weight excluding hydrogens is 264 g/mol. The number of aliphatic hydroxyl groups excluding tert-OH is 1. The predicted octanol–water partition coefficient (Wildman–Crippen LogP) is 2.20. The van der Waals surface area contributed by atoms with E-state index in [9.17, 15) is 5.11 Å². The summed E-state index contributed by atoms with van der Waals surface area (Å²) in [5, 5.41) is 9.84. The predicted molar refractivity (Wildman–Crippen MR) is 77.0 cm³/mol. The molecule has 1 rings (SSSR count). The first-order valence-corrected chi connectivity index (χ1v) is 7.19. The van der Waals surface area contributed by atoms with E-state index in [1.165, 1.54) is 0 Å². The van der Waals surface area contributed by atoms with Gasteiger partial charge in [-0.05, 0) is 25.1 Å². The van der Waals surface area contributed by atoms with Gasteiger partial charge in [-0.3, -0.25) is 0 Å². The van der Waals surface area contributed by atoms with Gasteiger partial charge in [-0.25, -0.2) is 0 Å². The molecule has 0 fully saturated rings. The lowest BCUT2D eigenvalue weighted by Crippen LogP contribution is -2.24. The van der Waals surface area contributed by atoms with Gasteiger partial charge in [0.05, 0.1) is 32.5 Å². The van der Waals surface area contributed by atoms with Gasteiger partial charge in [-0.1, -0.05) is 6.07 Å². The van der Waals surface area contributed by atoms with Crippen molar-refractivity contribution >= 4 is 11.8 Å². The van der Waals surface area contributed by atoms with Gasteiger partial charge in [0.15, 0.2) is 0 Å². The van der Waals surface area contributed by atoms with E-state index in [1.807, 2.05) is 31.2 Å². The number of methoxy groups -OCH3 is 2. The third-order valence-corrected chi connectivity index (χ3v) is 3.60. The largest absolute Gasteiger partial charge is 0.497 e. The summed E-state index contributed by atoms with van der Waals surface area (Å²) in [7, 11) is 3.28. The third-order valence-electron chi connectivity index (χ3n) is 2.46. The molecular formula is C14H22O4S. The molecule has 2 atom stereocenters. The van der Waals surface area contributed by atoms with E-state index < -0.39 is 6.10 Å². The average molecular weight is 286 g/mol. The SMILES string of the molecule is COCC(C)OCC(O)CSc1cccc(OC)c1. The molecule has 108 valence electrons. The molecule has 0 aliphatic carbocycles. The highest BCUT2D eigenvalue weighted by Crippen LogP contribution is 2.23. The van der Waals surface area contributed by atoms with E-state index in [2.05, 4.69) is 0 Å². The van der Waals surface area contributed by atoms with Gasteiger partial charge in [-0.2, -0.15) is 0 Å². The second-order valence-corrected chi connectivity index (χ2v) is 5.34. The van der Waals surface area contributed by atoms with Gasteiger partial charge in [0.2, 0.25) is 0 Å². The highest BCUT2D eigenvalue weighted by atomic mass is 32.2. The third kappa shape index (κ3) is 6.82. The Hall–Kier alpha value is -0.750. The van der Waals surface area contributed by atoms with E-state index in [4.69, 9.17) is 14.2 Å². The van der Waals surface area contributed by atoms with Crippen molar-refractivity contribution in [2.45, 2.75) is 24.0 Å². The molecule has 0 saturated heterocycles. The molecule has 0 heterocycles. The average Bonchev–Trinajstić information content (AvgIpc) is 2.43. The molecule has 5 heteroatoms. The molecule has 19 heavy (non-hydrogen) atoms. The topological polar surface area (TPSA) is 47.9 Å². The standard InChI is InChI=1S/C14H22O4S/c1-11(8-16-2)18-9-12(15)10-19-14-6-4-5-13(7-14)17-3/h4-7,11-12,15H,8-10H2,1-3H3. The highest BCUT2D eigenvalue weighted by Gasteiger charge is 2.09. The Morgan fingerprint density at radius 2 is 2.05 bits per heavy atom. The van der Waals surface area contributed by atoms with Gasteiger partial charge in [0.25, 0.3) is 0 Å². The number of benzene rings is 1. The molecule has 0 aliphatic rings. The van der Waals surface area contributed by atoms with Crippen LogP contribution in [0.25, 0.3) is 0 Å². The second-order valence-electron chi connectivity index (χ2n) is 4.24. The van der Waals surface area contributed by atoms with Crippen molar-refractivity contribution in [3.63, 3.8) is 0 Å². The van der Waals surface area contributed by atoms with Gasteiger partial charge in [-0.15, -0.1) is 11.8 Å². The molecule has 4 nitrogen and oxygen atoms in total. The maximum atomic E-state index is 9.84. The first-order chi connectivity index (χ1) is 9.15. The minimum Gasteiger partial charge on any atom is -0.497 e. The molecule has 1 aromatic carbocycles. The second kappa shape index (κ2) is 9.20. The van der Waals surface area contributed by atoms with Crippen molar-refractivity contribution in [2.75, 3.05) is 33.2 Å². The number of hydrogen-bond donors (Lipinski definition) is 1. The zero-order valence-electron chi connectivity index (χ0n) is 11.7. The first kappa shape index (κ1) is 16.3. The lowest BCUT2D eigenvalue weighted by molar-refractivity contribution is -0.0257. The van der Waals surface area contributed by atoms with E-state index in [0.29, 0.717) is 19.0 Å². The van der Waals surface area contributed by atoms with E-state index in [-0.39, 0.29) is 6.10 Å². The number of ether oxygens (including phenoxy) is 3.